The van der Waals surface area contributed by atoms with Gasteiger partial charge in [0.25, 0.3) is 5.91 Å². The van der Waals surface area contributed by atoms with Crippen LogP contribution in [0.25, 0.3) is 0 Å². The van der Waals surface area contributed by atoms with Crippen molar-refractivity contribution < 1.29 is 9.53 Å². The number of fused-ring (bicyclic) bond motifs is 2. The predicted octanol–water partition coefficient (Wildman–Crippen LogP) is 3.42. The van der Waals surface area contributed by atoms with Gasteiger partial charge in [-0.2, -0.15) is 0 Å². The summed E-state index contributed by atoms with van der Waals surface area (Å²) in [5.74, 6) is 1.81. The number of rotatable bonds is 4. The summed E-state index contributed by atoms with van der Waals surface area (Å²) in [6.45, 7) is 3.92. The number of carbonyl (C=O) groups is 1. The summed E-state index contributed by atoms with van der Waals surface area (Å²) >= 11 is 6.12. The molecule has 3 nitrogen and oxygen atoms in total. The topological polar surface area (TPSA) is 38.3 Å². The van der Waals surface area contributed by atoms with Crippen molar-refractivity contribution in [3.05, 3.63) is 40.4 Å². The zero-order valence-electron chi connectivity index (χ0n) is 12.4. The fourth-order valence-electron chi connectivity index (χ4n) is 3.33. The van der Waals surface area contributed by atoms with Gasteiger partial charge in [-0.25, -0.2) is 0 Å². The summed E-state index contributed by atoms with van der Waals surface area (Å²) in [5, 5.41) is 3.83. The molecule has 3 unspecified atom stereocenters. The zero-order chi connectivity index (χ0) is 15.0. The molecule has 4 heteroatoms. The summed E-state index contributed by atoms with van der Waals surface area (Å²) in [6.07, 6.45) is 6.74. The fraction of sp³-hybridized carbons (Fsp3) is 0.471. The molecule has 1 saturated carbocycles. The lowest BCUT2D eigenvalue weighted by atomic mass is 10.0. The van der Waals surface area contributed by atoms with Crippen molar-refractivity contribution in [3.8, 4) is 5.75 Å². The quantitative estimate of drug-likeness (QED) is 0.866. The average Bonchev–Trinajstić information content (AvgIpc) is 3.04. The van der Waals surface area contributed by atoms with Crippen LogP contribution < -0.4 is 10.1 Å². The molecule has 0 heterocycles. The van der Waals surface area contributed by atoms with E-state index in [2.05, 4.69) is 17.5 Å². The molecule has 0 radical (unpaired) electrons. The van der Waals surface area contributed by atoms with Gasteiger partial charge in [0.1, 0.15) is 5.75 Å². The Morgan fingerprint density at radius 1 is 1.29 bits per heavy atom. The molecular formula is C17H20ClNO2. The first kappa shape index (κ1) is 14.5. The van der Waals surface area contributed by atoms with E-state index < -0.39 is 0 Å². The van der Waals surface area contributed by atoms with Gasteiger partial charge >= 0.3 is 0 Å². The van der Waals surface area contributed by atoms with Crippen LogP contribution in [0.3, 0.4) is 0 Å². The second-order valence-electron chi connectivity index (χ2n) is 6.11. The maximum Gasteiger partial charge on any atom is 0.258 e. The highest BCUT2D eigenvalue weighted by Gasteiger charge is 2.36. The van der Waals surface area contributed by atoms with Crippen LogP contribution in [0.5, 0.6) is 5.75 Å². The van der Waals surface area contributed by atoms with Crippen molar-refractivity contribution in [2.24, 2.45) is 11.8 Å². The van der Waals surface area contributed by atoms with Gasteiger partial charge in [-0.15, -0.1) is 0 Å². The molecule has 3 rings (SSSR count). The van der Waals surface area contributed by atoms with E-state index in [1.54, 1.807) is 0 Å². The number of carbonyl (C=O) groups excluding carboxylic acids is 1. The lowest BCUT2D eigenvalue weighted by Crippen LogP contribution is -2.40. The number of aryl methyl sites for hydroxylation is 2. The van der Waals surface area contributed by atoms with Gasteiger partial charge in [-0.3, -0.25) is 4.79 Å². The Labute approximate surface area is 130 Å². The minimum absolute atomic E-state index is 0.0498. The van der Waals surface area contributed by atoms with Crippen LogP contribution in [-0.2, 0) is 4.79 Å². The molecule has 0 aromatic heterocycles. The van der Waals surface area contributed by atoms with Crippen molar-refractivity contribution in [3.63, 3.8) is 0 Å². The Balaban J connectivity index is 1.53. The molecule has 3 atom stereocenters. The Bertz CT molecular complexity index is 573. The second kappa shape index (κ2) is 5.72. The average molecular weight is 306 g/mol. The van der Waals surface area contributed by atoms with E-state index >= 15 is 0 Å². The number of hydrogen-bond donors (Lipinski definition) is 1. The largest absolute Gasteiger partial charge is 0.484 e. The molecule has 1 N–H and O–H groups in total. The van der Waals surface area contributed by atoms with Crippen LogP contribution in [0.2, 0.25) is 5.02 Å². The molecular weight excluding hydrogens is 286 g/mol. The number of ether oxygens (including phenoxy) is 1. The molecule has 2 aliphatic rings. The van der Waals surface area contributed by atoms with Gasteiger partial charge in [-0.1, -0.05) is 23.8 Å². The van der Waals surface area contributed by atoms with E-state index in [0.717, 1.165) is 22.6 Å². The van der Waals surface area contributed by atoms with Gasteiger partial charge in [0.05, 0.1) is 0 Å². The lowest BCUT2D eigenvalue weighted by Gasteiger charge is -2.20. The first-order valence-electron chi connectivity index (χ1n) is 7.40. The Hall–Kier alpha value is -1.48. The van der Waals surface area contributed by atoms with Gasteiger partial charge in [-0.05, 0) is 61.8 Å². The normalized spacial score (nSPS) is 26.1. The molecule has 2 bridgehead atoms. The summed E-state index contributed by atoms with van der Waals surface area (Å²) in [7, 11) is 0. The molecule has 1 aromatic rings. The fourth-order valence-corrected chi connectivity index (χ4v) is 3.44. The lowest BCUT2D eigenvalue weighted by molar-refractivity contribution is -0.124. The summed E-state index contributed by atoms with van der Waals surface area (Å²) in [5.41, 5.74) is 1.93. The van der Waals surface area contributed by atoms with E-state index in [-0.39, 0.29) is 18.6 Å². The van der Waals surface area contributed by atoms with Crippen LogP contribution in [0.4, 0.5) is 0 Å². The molecule has 1 fully saturated rings. The number of halogens is 1. The van der Waals surface area contributed by atoms with Gasteiger partial charge in [0, 0.05) is 11.1 Å². The van der Waals surface area contributed by atoms with Crippen LogP contribution in [0, 0.1) is 25.7 Å². The molecule has 0 spiro atoms. The molecule has 0 saturated heterocycles. The highest BCUT2D eigenvalue weighted by atomic mass is 35.5. The number of amides is 1. The summed E-state index contributed by atoms with van der Waals surface area (Å²) in [6, 6.07) is 4.01. The van der Waals surface area contributed by atoms with Crippen molar-refractivity contribution >= 4 is 17.5 Å². The van der Waals surface area contributed by atoms with Crippen LogP contribution in [-0.4, -0.2) is 18.6 Å². The third-order valence-corrected chi connectivity index (χ3v) is 5.00. The Morgan fingerprint density at radius 3 is 2.57 bits per heavy atom. The smallest absolute Gasteiger partial charge is 0.258 e. The third kappa shape index (κ3) is 3.08. The van der Waals surface area contributed by atoms with E-state index in [0.29, 0.717) is 17.6 Å². The van der Waals surface area contributed by atoms with Crippen LogP contribution in [0.1, 0.15) is 24.0 Å². The number of allylic oxidation sites excluding steroid dienone is 1. The minimum Gasteiger partial charge on any atom is -0.484 e. The Kier molecular flexibility index (Phi) is 3.94. The SMILES string of the molecule is Cc1cc(OCC(=O)NC2CC3C=CC2C3)cc(C)c1Cl. The molecule has 0 aliphatic heterocycles. The minimum atomic E-state index is -0.0498. The zero-order valence-corrected chi connectivity index (χ0v) is 13.1. The first-order valence-corrected chi connectivity index (χ1v) is 7.78. The second-order valence-corrected chi connectivity index (χ2v) is 6.49. The summed E-state index contributed by atoms with van der Waals surface area (Å²) < 4.78 is 5.59. The number of nitrogens with one attached hydrogen (secondary N) is 1. The number of benzene rings is 1. The highest BCUT2D eigenvalue weighted by Crippen LogP contribution is 2.38. The molecule has 21 heavy (non-hydrogen) atoms. The molecule has 1 amide bonds. The van der Waals surface area contributed by atoms with E-state index in [9.17, 15) is 4.79 Å². The van der Waals surface area contributed by atoms with Crippen LogP contribution >= 0.6 is 11.6 Å². The van der Waals surface area contributed by atoms with Crippen molar-refractivity contribution in [1.82, 2.24) is 5.32 Å². The van der Waals surface area contributed by atoms with Gasteiger partial charge in [0.15, 0.2) is 6.61 Å². The summed E-state index contributed by atoms with van der Waals surface area (Å²) in [4.78, 5) is 12.0. The molecule has 2 aliphatic carbocycles. The first-order chi connectivity index (χ1) is 10.0. The standard InChI is InChI=1S/C17H20ClNO2/c1-10-5-14(6-11(2)17(10)18)21-9-16(20)19-15-8-12-3-4-13(15)7-12/h3-6,12-13,15H,7-9H2,1-2H3,(H,19,20). The van der Waals surface area contributed by atoms with E-state index in [1.165, 1.54) is 6.42 Å². The Morgan fingerprint density at radius 2 is 2.00 bits per heavy atom. The van der Waals surface area contributed by atoms with Crippen molar-refractivity contribution in [2.45, 2.75) is 32.7 Å². The van der Waals surface area contributed by atoms with Gasteiger partial charge < -0.3 is 10.1 Å². The van der Waals surface area contributed by atoms with Gasteiger partial charge in [0.2, 0.25) is 0 Å². The molecule has 1 aromatic carbocycles. The maximum atomic E-state index is 12.0. The predicted molar refractivity (Wildman–Crippen MR) is 83.7 cm³/mol. The van der Waals surface area contributed by atoms with E-state index in [4.69, 9.17) is 16.3 Å². The molecule has 112 valence electrons. The van der Waals surface area contributed by atoms with Crippen molar-refractivity contribution in [1.29, 1.82) is 0 Å². The third-order valence-electron chi connectivity index (χ3n) is 4.41. The monoisotopic (exact) mass is 305 g/mol. The van der Waals surface area contributed by atoms with Crippen LogP contribution in [0.15, 0.2) is 24.3 Å². The maximum absolute atomic E-state index is 12.0. The number of hydrogen-bond acceptors (Lipinski definition) is 2. The van der Waals surface area contributed by atoms with E-state index in [1.807, 2.05) is 26.0 Å². The van der Waals surface area contributed by atoms with Crippen molar-refractivity contribution in [2.75, 3.05) is 6.61 Å². The highest BCUT2D eigenvalue weighted by molar-refractivity contribution is 6.32.